The number of likely N-dealkylation sites (tertiary alicyclic amines) is 1. The van der Waals surface area contributed by atoms with Gasteiger partial charge in [0.25, 0.3) is 0 Å². The van der Waals surface area contributed by atoms with Gasteiger partial charge in [-0.05, 0) is 63.1 Å². The number of carbonyl (C=O) groups is 1. The maximum atomic E-state index is 13.2. The van der Waals surface area contributed by atoms with E-state index >= 15 is 0 Å². The average molecular weight is 364 g/mol. The predicted molar refractivity (Wildman–Crippen MR) is 104 cm³/mol. The molecule has 4 unspecified atom stereocenters. The van der Waals surface area contributed by atoms with Crippen LogP contribution in [0.15, 0.2) is 36.9 Å². The highest BCUT2D eigenvalue weighted by molar-refractivity contribution is 6.30. The van der Waals surface area contributed by atoms with Crippen LogP contribution < -0.4 is 0 Å². The van der Waals surface area contributed by atoms with Gasteiger partial charge in [0, 0.05) is 17.0 Å². The highest BCUT2D eigenvalue weighted by atomic mass is 35.5. The number of rotatable bonds is 8. The van der Waals surface area contributed by atoms with Crippen LogP contribution in [-0.2, 0) is 4.79 Å². The van der Waals surface area contributed by atoms with Crippen LogP contribution >= 0.6 is 11.6 Å². The van der Waals surface area contributed by atoms with Gasteiger partial charge in [-0.1, -0.05) is 36.7 Å². The molecule has 4 atom stereocenters. The number of halogens is 1. The molecule has 138 valence electrons. The van der Waals surface area contributed by atoms with Crippen molar-refractivity contribution in [1.82, 2.24) is 4.90 Å². The molecular formula is C21H30ClNO2. The Balaban J connectivity index is 2.30. The Bertz CT molecular complexity index is 570. The second-order valence-electron chi connectivity index (χ2n) is 7.10. The lowest BCUT2D eigenvalue weighted by Crippen LogP contribution is -2.49. The second-order valence-corrected chi connectivity index (χ2v) is 7.54. The van der Waals surface area contributed by atoms with Gasteiger partial charge in [-0.15, -0.1) is 6.58 Å². The van der Waals surface area contributed by atoms with Crippen molar-refractivity contribution in [3.8, 4) is 0 Å². The minimum Gasteiger partial charge on any atom is -0.393 e. The first-order valence-electron chi connectivity index (χ1n) is 9.34. The van der Waals surface area contributed by atoms with Crippen molar-refractivity contribution in [3.63, 3.8) is 0 Å². The van der Waals surface area contributed by atoms with E-state index in [0.717, 1.165) is 37.7 Å². The normalized spacial score (nSPS) is 23.4. The van der Waals surface area contributed by atoms with Gasteiger partial charge in [-0.3, -0.25) is 4.79 Å². The molecule has 1 amide bonds. The third kappa shape index (κ3) is 5.08. The minimum absolute atomic E-state index is 0.0293. The van der Waals surface area contributed by atoms with Gasteiger partial charge in [-0.25, -0.2) is 0 Å². The standard InChI is InChI=1S/C21H30ClNO2/c1-4-6-17-10-14-20(16-8-11-18(22)12-9-16)23(21(17)25)19(5-2)13-7-15(3)24/h4,8-9,11-12,15,17,19-20,24H,1,5-7,10,13-14H2,2-3H3. The van der Waals surface area contributed by atoms with E-state index in [9.17, 15) is 9.90 Å². The van der Waals surface area contributed by atoms with E-state index in [1.54, 1.807) is 0 Å². The third-order valence-corrected chi connectivity index (χ3v) is 5.47. The molecule has 1 aliphatic heterocycles. The summed E-state index contributed by atoms with van der Waals surface area (Å²) in [5, 5.41) is 10.4. The van der Waals surface area contributed by atoms with Crippen molar-refractivity contribution in [1.29, 1.82) is 0 Å². The molecule has 0 spiro atoms. The molecule has 25 heavy (non-hydrogen) atoms. The fraction of sp³-hybridized carbons (Fsp3) is 0.571. The van der Waals surface area contributed by atoms with Crippen LogP contribution in [0.2, 0.25) is 5.02 Å². The number of nitrogens with zero attached hydrogens (tertiary/aromatic N) is 1. The summed E-state index contributed by atoms with van der Waals surface area (Å²) in [6.45, 7) is 7.74. The van der Waals surface area contributed by atoms with Gasteiger partial charge in [0.1, 0.15) is 0 Å². The predicted octanol–water partition coefficient (Wildman–Crippen LogP) is 5.14. The number of piperidine rings is 1. The van der Waals surface area contributed by atoms with E-state index in [-0.39, 0.29) is 30.0 Å². The monoisotopic (exact) mass is 363 g/mol. The van der Waals surface area contributed by atoms with Gasteiger partial charge in [0.15, 0.2) is 0 Å². The molecule has 0 saturated carbocycles. The fourth-order valence-corrected chi connectivity index (χ4v) is 3.95. The number of aliphatic hydroxyl groups excluding tert-OH is 1. The van der Waals surface area contributed by atoms with Crippen molar-refractivity contribution < 1.29 is 9.90 Å². The number of amides is 1. The van der Waals surface area contributed by atoms with Crippen LogP contribution in [0.4, 0.5) is 0 Å². The zero-order valence-corrected chi connectivity index (χ0v) is 16.1. The smallest absolute Gasteiger partial charge is 0.226 e. The largest absolute Gasteiger partial charge is 0.393 e. The SMILES string of the molecule is C=CCC1CCC(c2ccc(Cl)cc2)N(C(CC)CCC(C)O)C1=O. The summed E-state index contributed by atoms with van der Waals surface area (Å²) < 4.78 is 0. The molecule has 0 bridgehead atoms. The first kappa shape index (κ1) is 20.0. The molecule has 0 radical (unpaired) electrons. The Labute approximate surface area is 156 Å². The summed E-state index contributed by atoms with van der Waals surface area (Å²) in [7, 11) is 0. The molecule has 1 aromatic rings. The van der Waals surface area contributed by atoms with E-state index in [2.05, 4.69) is 18.4 Å². The van der Waals surface area contributed by atoms with Crippen LogP contribution in [0, 0.1) is 5.92 Å². The Kier molecular flexibility index (Phi) is 7.52. The van der Waals surface area contributed by atoms with Gasteiger partial charge in [0.2, 0.25) is 5.91 Å². The number of aliphatic hydroxyl groups is 1. The van der Waals surface area contributed by atoms with Gasteiger partial charge < -0.3 is 10.0 Å². The number of benzene rings is 1. The number of allylic oxidation sites excluding steroid dienone is 1. The van der Waals surface area contributed by atoms with E-state index in [1.807, 2.05) is 37.3 Å². The summed E-state index contributed by atoms with van der Waals surface area (Å²) in [5.74, 6) is 0.255. The van der Waals surface area contributed by atoms with Crippen molar-refractivity contribution in [2.75, 3.05) is 0 Å². The van der Waals surface area contributed by atoms with Crippen molar-refractivity contribution in [2.45, 2.75) is 70.6 Å². The molecule has 1 saturated heterocycles. The molecule has 0 aliphatic carbocycles. The van der Waals surface area contributed by atoms with E-state index in [1.165, 1.54) is 0 Å². The Morgan fingerprint density at radius 1 is 1.32 bits per heavy atom. The van der Waals surface area contributed by atoms with Crippen LogP contribution in [0.3, 0.4) is 0 Å². The first-order chi connectivity index (χ1) is 12.0. The third-order valence-electron chi connectivity index (χ3n) is 5.22. The van der Waals surface area contributed by atoms with E-state index < -0.39 is 0 Å². The molecule has 1 aliphatic rings. The molecule has 3 nitrogen and oxygen atoms in total. The number of hydrogen-bond acceptors (Lipinski definition) is 2. The highest BCUT2D eigenvalue weighted by Gasteiger charge is 2.38. The molecule has 1 aromatic carbocycles. The number of carbonyl (C=O) groups excluding carboxylic acids is 1. The summed E-state index contributed by atoms with van der Waals surface area (Å²) in [6.07, 6.45) is 6.51. The lowest BCUT2D eigenvalue weighted by atomic mass is 9.84. The van der Waals surface area contributed by atoms with Gasteiger partial charge in [0.05, 0.1) is 12.1 Å². The molecule has 2 rings (SSSR count). The van der Waals surface area contributed by atoms with Crippen molar-refractivity contribution in [2.24, 2.45) is 5.92 Å². The van der Waals surface area contributed by atoms with Crippen LogP contribution in [0.1, 0.15) is 64.0 Å². The minimum atomic E-state index is -0.341. The average Bonchev–Trinajstić information content (AvgIpc) is 2.59. The summed E-state index contributed by atoms with van der Waals surface area (Å²) in [5.41, 5.74) is 1.14. The topological polar surface area (TPSA) is 40.5 Å². The van der Waals surface area contributed by atoms with Gasteiger partial charge >= 0.3 is 0 Å². The lowest BCUT2D eigenvalue weighted by Gasteiger charge is -2.44. The molecule has 1 heterocycles. The lowest BCUT2D eigenvalue weighted by molar-refractivity contribution is -0.145. The first-order valence-corrected chi connectivity index (χ1v) is 9.72. The zero-order chi connectivity index (χ0) is 18.4. The fourth-order valence-electron chi connectivity index (χ4n) is 3.83. The van der Waals surface area contributed by atoms with Crippen LogP contribution in [0.5, 0.6) is 0 Å². The van der Waals surface area contributed by atoms with Crippen LogP contribution in [0.25, 0.3) is 0 Å². The van der Waals surface area contributed by atoms with E-state index in [0.29, 0.717) is 11.4 Å². The van der Waals surface area contributed by atoms with Crippen LogP contribution in [-0.4, -0.2) is 28.1 Å². The highest BCUT2D eigenvalue weighted by Crippen LogP contribution is 2.39. The van der Waals surface area contributed by atoms with Gasteiger partial charge in [-0.2, -0.15) is 0 Å². The maximum Gasteiger partial charge on any atom is 0.226 e. The summed E-state index contributed by atoms with van der Waals surface area (Å²) >= 11 is 6.04. The molecule has 1 fully saturated rings. The Hall–Kier alpha value is -1.32. The zero-order valence-electron chi connectivity index (χ0n) is 15.3. The second kappa shape index (κ2) is 9.40. The molecule has 0 aromatic heterocycles. The van der Waals surface area contributed by atoms with Crippen molar-refractivity contribution in [3.05, 3.63) is 47.5 Å². The maximum absolute atomic E-state index is 13.2. The number of hydrogen-bond donors (Lipinski definition) is 1. The Morgan fingerprint density at radius 2 is 2.00 bits per heavy atom. The quantitative estimate of drug-likeness (QED) is 0.650. The van der Waals surface area contributed by atoms with Crippen molar-refractivity contribution >= 4 is 17.5 Å². The molecular weight excluding hydrogens is 334 g/mol. The molecule has 1 N–H and O–H groups in total. The summed E-state index contributed by atoms with van der Waals surface area (Å²) in [4.78, 5) is 15.3. The summed E-state index contributed by atoms with van der Waals surface area (Å²) in [6, 6.07) is 8.09. The van der Waals surface area contributed by atoms with E-state index in [4.69, 9.17) is 11.6 Å². The molecule has 4 heteroatoms. The Morgan fingerprint density at radius 3 is 2.56 bits per heavy atom.